The summed E-state index contributed by atoms with van der Waals surface area (Å²) < 4.78 is 37.7. The highest BCUT2D eigenvalue weighted by atomic mass is 35.5. The first kappa shape index (κ1) is 21.5. The number of rotatable bonds is 7. The first-order chi connectivity index (χ1) is 13.7. The Morgan fingerprint density at radius 1 is 1.10 bits per heavy atom. The molecule has 0 aromatic heterocycles. The second-order valence-corrected chi connectivity index (χ2v) is 8.94. The maximum atomic E-state index is 13.0. The largest absolute Gasteiger partial charge is 0.505 e. The molecule has 2 aromatic carbocycles. The number of phenols is 1. The summed E-state index contributed by atoms with van der Waals surface area (Å²) in [4.78, 5) is 10.7. The molecule has 0 bridgehead atoms. The van der Waals surface area contributed by atoms with E-state index in [4.69, 9.17) is 32.7 Å². The van der Waals surface area contributed by atoms with Gasteiger partial charge in [0.25, 0.3) is 0 Å². The second-order valence-electron chi connectivity index (χ2n) is 6.19. The van der Waals surface area contributed by atoms with Gasteiger partial charge in [-0.1, -0.05) is 29.3 Å². The van der Waals surface area contributed by atoms with Gasteiger partial charge in [0.2, 0.25) is 10.0 Å². The fourth-order valence-electron chi connectivity index (χ4n) is 2.81. The fourth-order valence-corrected chi connectivity index (χ4v) is 4.94. The number of carbonyl (C=O) groups is 1. The molecule has 0 unspecified atom stereocenters. The maximum Gasteiger partial charge on any atom is 0.318 e. The maximum absolute atomic E-state index is 13.0. The van der Waals surface area contributed by atoms with Crippen LogP contribution in [0.4, 0.5) is 0 Å². The summed E-state index contributed by atoms with van der Waals surface area (Å²) in [7, 11) is -4.38. The molecule has 0 atom stereocenters. The van der Waals surface area contributed by atoms with Gasteiger partial charge in [-0.2, -0.15) is 4.31 Å². The molecule has 0 aliphatic carbocycles. The predicted octanol–water partition coefficient (Wildman–Crippen LogP) is 2.79. The van der Waals surface area contributed by atoms with E-state index in [1.54, 1.807) is 18.2 Å². The molecule has 1 heterocycles. The molecule has 0 amide bonds. The molecular formula is C18H17Cl2NO7S. The van der Waals surface area contributed by atoms with Crippen molar-refractivity contribution in [1.29, 1.82) is 0 Å². The number of halogens is 2. The predicted molar refractivity (Wildman–Crippen MR) is 106 cm³/mol. The van der Waals surface area contributed by atoms with E-state index < -0.39 is 33.2 Å². The molecule has 29 heavy (non-hydrogen) atoms. The lowest BCUT2D eigenvalue weighted by atomic mass is 10.1. The Kier molecular flexibility index (Phi) is 6.42. The number of fused-ring (bicyclic) bond motifs is 1. The number of phenolic OH excluding ortho intramolecular Hbond substituents is 1. The van der Waals surface area contributed by atoms with Crippen LogP contribution in [0.3, 0.4) is 0 Å². The number of hydrogen-bond donors (Lipinski definition) is 2. The fraction of sp³-hybridized carbons (Fsp3) is 0.278. The van der Waals surface area contributed by atoms with Gasteiger partial charge in [0, 0.05) is 11.6 Å². The van der Waals surface area contributed by atoms with Crippen LogP contribution >= 0.6 is 23.2 Å². The molecular weight excluding hydrogens is 445 g/mol. The Labute approximate surface area is 177 Å². The van der Waals surface area contributed by atoms with Crippen LogP contribution in [0.1, 0.15) is 5.56 Å². The van der Waals surface area contributed by atoms with E-state index in [0.29, 0.717) is 24.7 Å². The Morgan fingerprint density at radius 3 is 2.48 bits per heavy atom. The van der Waals surface area contributed by atoms with Crippen LogP contribution in [0.15, 0.2) is 35.2 Å². The Hall–Kier alpha value is -2.20. The smallest absolute Gasteiger partial charge is 0.318 e. The van der Waals surface area contributed by atoms with E-state index in [1.165, 1.54) is 6.07 Å². The van der Waals surface area contributed by atoms with Gasteiger partial charge in [0.1, 0.15) is 24.7 Å². The SMILES string of the molecule is O=C(O)CN(CCc1ccc2c(c1)OCCO2)S(=O)(=O)c1cc(Cl)cc(Cl)c1O. The summed E-state index contributed by atoms with van der Waals surface area (Å²) in [5.74, 6) is -0.900. The quantitative estimate of drug-likeness (QED) is 0.651. The minimum atomic E-state index is -4.38. The van der Waals surface area contributed by atoms with Crippen molar-refractivity contribution < 1.29 is 32.9 Å². The molecule has 0 spiro atoms. The van der Waals surface area contributed by atoms with Crippen molar-refractivity contribution >= 4 is 39.2 Å². The molecule has 0 radical (unpaired) electrons. The van der Waals surface area contributed by atoms with Crippen molar-refractivity contribution in [2.24, 2.45) is 0 Å². The molecule has 0 saturated heterocycles. The topological polar surface area (TPSA) is 113 Å². The average molecular weight is 462 g/mol. The van der Waals surface area contributed by atoms with E-state index in [2.05, 4.69) is 0 Å². The van der Waals surface area contributed by atoms with Crippen LogP contribution in [0.2, 0.25) is 10.0 Å². The molecule has 2 aromatic rings. The number of aromatic hydroxyl groups is 1. The van der Waals surface area contributed by atoms with E-state index in [9.17, 15) is 23.4 Å². The van der Waals surface area contributed by atoms with E-state index in [-0.39, 0.29) is 23.0 Å². The van der Waals surface area contributed by atoms with Crippen molar-refractivity contribution in [3.8, 4) is 17.2 Å². The van der Waals surface area contributed by atoms with E-state index in [1.807, 2.05) is 0 Å². The molecule has 2 N–H and O–H groups in total. The number of carboxylic acid groups (broad SMARTS) is 1. The Morgan fingerprint density at radius 2 is 1.79 bits per heavy atom. The summed E-state index contributed by atoms with van der Waals surface area (Å²) >= 11 is 11.7. The van der Waals surface area contributed by atoms with Gasteiger partial charge in [0.05, 0.1) is 5.02 Å². The third-order valence-corrected chi connectivity index (χ3v) is 6.54. The highest BCUT2D eigenvalue weighted by molar-refractivity contribution is 7.89. The van der Waals surface area contributed by atoms with Gasteiger partial charge >= 0.3 is 5.97 Å². The van der Waals surface area contributed by atoms with Crippen LogP contribution in [-0.2, 0) is 21.2 Å². The van der Waals surface area contributed by atoms with Crippen LogP contribution in [0.5, 0.6) is 17.2 Å². The number of carboxylic acids is 1. The first-order valence-corrected chi connectivity index (χ1v) is 10.7. The normalized spacial score (nSPS) is 13.5. The summed E-state index contributed by atoms with van der Waals surface area (Å²) in [5, 5.41) is 19.0. The van der Waals surface area contributed by atoms with Gasteiger partial charge in [-0.15, -0.1) is 0 Å². The number of benzene rings is 2. The van der Waals surface area contributed by atoms with E-state index in [0.717, 1.165) is 15.9 Å². The lowest BCUT2D eigenvalue weighted by molar-refractivity contribution is -0.137. The monoisotopic (exact) mass is 461 g/mol. The molecule has 1 aliphatic rings. The number of aliphatic carboxylic acids is 1. The van der Waals surface area contributed by atoms with Crippen molar-refractivity contribution in [3.63, 3.8) is 0 Å². The molecule has 3 rings (SSSR count). The highest BCUT2D eigenvalue weighted by Crippen LogP contribution is 2.36. The average Bonchev–Trinajstić information content (AvgIpc) is 2.67. The van der Waals surface area contributed by atoms with Crippen LogP contribution in [-0.4, -0.2) is 55.2 Å². The highest BCUT2D eigenvalue weighted by Gasteiger charge is 2.30. The van der Waals surface area contributed by atoms with Crippen LogP contribution < -0.4 is 9.47 Å². The minimum Gasteiger partial charge on any atom is -0.505 e. The van der Waals surface area contributed by atoms with E-state index >= 15 is 0 Å². The third kappa shape index (κ3) is 4.87. The summed E-state index contributed by atoms with van der Waals surface area (Å²) in [6.45, 7) is -0.0955. The van der Waals surface area contributed by atoms with Gasteiger partial charge in [-0.3, -0.25) is 4.79 Å². The third-order valence-electron chi connectivity index (χ3n) is 4.18. The molecule has 8 nitrogen and oxygen atoms in total. The van der Waals surface area contributed by atoms with Gasteiger partial charge in [-0.25, -0.2) is 8.42 Å². The minimum absolute atomic E-state index is 0.00603. The lowest BCUT2D eigenvalue weighted by Crippen LogP contribution is -2.37. The number of ether oxygens (including phenoxy) is 2. The first-order valence-electron chi connectivity index (χ1n) is 8.47. The summed E-state index contributed by atoms with van der Waals surface area (Å²) in [6.07, 6.45) is 0.207. The Balaban J connectivity index is 1.87. The van der Waals surface area contributed by atoms with Crippen LogP contribution in [0, 0.1) is 0 Å². The summed E-state index contributed by atoms with van der Waals surface area (Å²) in [5.41, 5.74) is 0.730. The molecule has 0 saturated carbocycles. The zero-order valence-corrected chi connectivity index (χ0v) is 17.3. The molecule has 1 aliphatic heterocycles. The standard InChI is InChI=1S/C18H17Cl2NO7S/c19-12-8-13(20)18(24)16(9-12)29(25,26)21(10-17(22)23)4-3-11-1-2-14-15(7-11)28-6-5-27-14/h1-2,7-9,24H,3-6,10H2,(H,22,23). The molecule has 0 fully saturated rings. The molecule has 156 valence electrons. The zero-order chi connectivity index (χ0) is 21.2. The number of hydrogen-bond acceptors (Lipinski definition) is 6. The Bertz CT molecular complexity index is 1040. The molecule has 11 heteroatoms. The van der Waals surface area contributed by atoms with Gasteiger partial charge in [-0.05, 0) is 36.2 Å². The number of sulfonamides is 1. The van der Waals surface area contributed by atoms with Crippen LogP contribution in [0.25, 0.3) is 0 Å². The van der Waals surface area contributed by atoms with Crippen molar-refractivity contribution in [1.82, 2.24) is 4.31 Å². The second kappa shape index (κ2) is 8.66. The van der Waals surface area contributed by atoms with Crippen molar-refractivity contribution in [2.45, 2.75) is 11.3 Å². The van der Waals surface area contributed by atoms with Crippen molar-refractivity contribution in [2.75, 3.05) is 26.3 Å². The lowest BCUT2D eigenvalue weighted by Gasteiger charge is -2.22. The van der Waals surface area contributed by atoms with Crippen molar-refractivity contribution in [3.05, 3.63) is 45.9 Å². The van der Waals surface area contributed by atoms with Gasteiger partial charge in [0.15, 0.2) is 17.2 Å². The summed E-state index contributed by atoms with van der Waals surface area (Å²) in [6, 6.07) is 7.38. The van der Waals surface area contributed by atoms with Gasteiger partial charge < -0.3 is 19.7 Å². The number of nitrogens with zero attached hydrogens (tertiary/aromatic N) is 1. The zero-order valence-electron chi connectivity index (χ0n) is 15.0.